The molecule has 0 saturated carbocycles. The predicted octanol–water partition coefficient (Wildman–Crippen LogP) is 2.42. The summed E-state index contributed by atoms with van der Waals surface area (Å²) in [4.78, 5) is 7.20. The van der Waals surface area contributed by atoms with Crippen LogP contribution in [-0.2, 0) is 16.6 Å². The van der Waals surface area contributed by atoms with E-state index in [9.17, 15) is 0 Å². The number of morpholine rings is 1. The minimum Gasteiger partial charge on any atom is -0.374 e. The molecule has 2 atom stereocenters. The van der Waals surface area contributed by atoms with Crippen LogP contribution in [0.5, 0.6) is 0 Å². The van der Waals surface area contributed by atoms with Crippen LogP contribution in [0.1, 0.15) is 44.8 Å². The number of thiazole rings is 1. The van der Waals surface area contributed by atoms with E-state index in [0.717, 1.165) is 43.4 Å². The maximum absolute atomic E-state index is 6.37. The maximum Gasteiger partial charge on any atom is 0.0944 e. The summed E-state index contributed by atoms with van der Waals surface area (Å²) < 4.78 is 5.87. The molecule has 4 nitrogen and oxygen atoms in total. The topological polar surface area (TPSA) is 51.4 Å². The van der Waals surface area contributed by atoms with Gasteiger partial charge in [0, 0.05) is 36.3 Å². The SMILES string of the molecule is CCCN1CCOC(C(N)Cc2nc(C(C)(C)C)cs2)C1. The Labute approximate surface area is 132 Å². The largest absolute Gasteiger partial charge is 0.374 e. The van der Waals surface area contributed by atoms with Crippen molar-refractivity contribution in [2.45, 2.75) is 58.1 Å². The summed E-state index contributed by atoms with van der Waals surface area (Å²) >= 11 is 1.72. The third kappa shape index (κ3) is 4.74. The second-order valence-electron chi connectivity index (χ2n) is 6.95. The second kappa shape index (κ2) is 7.18. The molecule has 21 heavy (non-hydrogen) atoms. The molecular formula is C16H29N3OS. The highest BCUT2D eigenvalue weighted by atomic mass is 32.1. The Hall–Kier alpha value is -0.490. The zero-order valence-electron chi connectivity index (χ0n) is 13.8. The fourth-order valence-corrected chi connectivity index (χ4v) is 3.69. The van der Waals surface area contributed by atoms with Gasteiger partial charge in [-0.1, -0.05) is 27.7 Å². The van der Waals surface area contributed by atoms with Gasteiger partial charge in [0.05, 0.1) is 23.4 Å². The van der Waals surface area contributed by atoms with Crippen LogP contribution in [0.15, 0.2) is 5.38 Å². The van der Waals surface area contributed by atoms with Crippen molar-refractivity contribution in [3.05, 3.63) is 16.1 Å². The van der Waals surface area contributed by atoms with Gasteiger partial charge in [0.15, 0.2) is 0 Å². The fraction of sp³-hybridized carbons (Fsp3) is 0.812. The summed E-state index contributed by atoms with van der Waals surface area (Å²) in [7, 11) is 0. The monoisotopic (exact) mass is 311 g/mol. The van der Waals surface area contributed by atoms with Crippen molar-refractivity contribution in [1.29, 1.82) is 0 Å². The normalized spacial score (nSPS) is 22.4. The Kier molecular flexibility index (Phi) is 5.77. The third-order valence-corrected chi connectivity index (χ3v) is 4.80. The molecule has 120 valence electrons. The van der Waals surface area contributed by atoms with Crippen LogP contribution in [0, 0.1) is 0 Å². The average Bonchev–Trinajstić information content (AvgIpc) is 2.88. The van der Waals surface area contributed by atoms with Crippen LogP contribution in [0.4, 0.5) is 0 Å². The Balaban J connectivity index is 1.91. The van der Waals surface area contributed by atoms with Crippen molar-refractivity contribution >= 4 is 11.3 Å². The summed E-state index contributed by atoms with van der Waals surface area (Å²) in [6.45, 7) is 12.7. The highest BCUT2D eigenvalue weighted by Crippen LogP contribution is 2.25. The molecule has 1 aliphatic rings. The number of hydrogen-bond acceptors (Lipinski definition) is 5. The van der Waals surface area contributed by atoms with E-state index in [4.69, 9.17) is 15.5 Å². The minimum absolute atomic E-state index is 0.0311. The van der Waals surface area contributed by atoms with E-state index in [1.165, 1.54) is 6.42 Å². The molecule has 2 N–H and O–H groups in total. The second-order valence-corrected chi connectivity index (χ2v) is 7.90. The zero-order valence-corrected chi connectivity index (χ0v) is 14.6. The van der Waals surface area contributed by atoms with Crippen LogP contribution in [0.3, 0.4) is 0 Å². The van der Waals surface area contributed by atoms with Gasteiger partial charge >= 0.3 is 0 Å². The first-order valence-electron chi connectivity index (χ1n) is 7.94. The molecule has 1 aromatic rings. The van der Waals surface area contributed by atoms with E-state index in [1.807, 2.05) is 0 Å². The molecule has 0 amide bonds. The Morgan fingerprint density at radius 1 is 1.52 bits per heavy atom. The van der Waals surface area contributed by atoms with Gasteiger partial charge in [-0.2, -0.15) is 0 Å². The first-order valence-corrected chi connectivity index (χ1v) is 8.82. The first-order chi connectivity index (χ1) is 9.90. The fourth-order valence-electron chi connectivity index (χ4n) is 2.59. The lowest BCUT2D eigenvalue weighted by Crippen LogP contribution is -2.51. The van der Waals surface area contributed by atoms with Gasteiger partial charge in [-0.25, -0.2) is 4.98 Å². The molecule has 2 heterocycles. The lowest BCUT2D eigenvalue weighted by Gasteiger charge is -2.35. The van der Waals surface area contributed by atoms with Crippen molar-refractivity contribution < 1.29 is 4.74 Å². The van der Waals surface area contributed by atoms with Crippen LogP contribution in [0.2, 0.25) is 0 Å². The molecule has 2 rings (SSSR count). The van der Waals surface area contributed by atoms with Crippen molar-refractivity contribution in [2.24, 2.45) is 5.73 Å². The van der Waals surface area contributed by atoms with Gasteiger partial charge in [-0.3, -0.25) is 4.90 Å². The molecule has 1 fully saturated rings. The molecule has 1 aromatic heterocycles. The lowest BCUT2D eigenvalue weighted by atomic mass is 9.93. The summed E-state index contributed by atoms with van der Waals surface area (Å²) in [6.07, 6.45) is 2.13. The molecule has 0 bridgehead atoms. The highest BCUT2D eigenvalue weighted by Gasteiger charge is 2.27. The molecule has 2 unspecified atom stereocenters. The number of nitrogens with two attached hydrogens (primary N) is 1. The van der Waals surface area contributed by atoms with Crippen LogP contribution < -0.4 is 5.73 Å². The minimum atomic E-state index is 0.0311. The quantitative estimate of drug-likeness (QED) is 0.907. The van der Waals surface area contributed by atoms with Gasteiger partial charge in [-0.15, -0.1) is 11.3 Å². The molecule has 5 heteroatoms. The average molecular weight is 311 g/mol. The molecule has 1 saturated heterocycles. The standard InChI is InChI=1S/C16H29N3OS/c1-5-6-19-7-8-20-13(10-19)12(17)9-15-18-14(11-21-15)16(2,3)4/h11-13H,5-10,17H2,1-4H3. The Bertz CT molecular complexity index is 439. The summed E-state index contributed by atoms with van der Waals surface area (Å²) in [5, 5.41) is 3.29. The Morgan fingerprint density at radius 2 is 2.29 bits per heavy atom. The molecule has 1 aliphatic heterocycles. The van der Waals surface area contributed by atoms with Gasteiger partial charge in [0.25, 0.3) is 0 Å². The van der Waals surface area contributed by atoms with E-state index >= 15 is 0 Å². The van der Waals surface area contributed by atoms with Crippen molar-refractivity contribution in [2.75, 3.05) is 26.2 Å². The van der Waals surface area contributed by atoms with Crippen molar-refractivity contribution in [3.8, 4) is 0 Å². The van der Waals surface area contributed by atoms with Gasteiger partial charge in [0.2, 0.25) is 0 Å². The van der Waals surface area contributed by atoms with E-state index in [-0.39, 0.29) is 17.6 Å². The lowest BCUT2D eigenvalue weighted by molar-refractivity contribution is -0.0400. The van der Waals surface area contributed by atoms with Crippen molar-refractivity contribution in [1.82, 2.24) is 9.88 Å². The zero-order chi connectivity index (χ0) is 15.5. The number of hydrogen-bond donors (Lipinski definition) is 1. The molecular weight excluding hydrogens is 282 g/mol. The van der Waals surface area contributed by atoms with Gasteiger partial charge in [-0.05, 0) is 13.0 Å². The van der Waals surface area contributed by atoms with Gasteiger partial charge < -0.3 is 10.5 Å². The predicted molar refractivity (Wildman–Crippen MR) is 89.0 cm³/mol. The molecule has 0 radical (unpaired) electrons. The van der Waals surface area contributed by atoms with E-state index in [1.54, 1.807) is 11.3 Å². The van der Waals surface area contributed by atoms with Crippen LogP contribution in [0.25, 0.3) is 0 Å². The van der Waals surface area contributed by atoms with Crippen LogP contribution in [-0.4, -0.2) is 48.3 Å². The maximum atomic E-state index is 6.37. The Morgan fingerprint density at radius 3 is 2.90 bits per heavy atom. The molecule has 0 aromatic carbocycles. The number of ether oxygens (including phenoxy) is 1. The highest BCUT2D eigenvalue weighted by molar-refractivity contribution is 7.09. The third-order valence-electron chi connectivity index (χ3n) is 3.93. The first kappa shape index (κ1) is 16.9. The summed E-state index contributed by atoms with van der Waals surface area (Å²) in [5.41, 5.74) is 7.64. The van der Waals surface area contributed by atoms with Crippen LogP contribution >= 0.6 is 11.3 Å². The van der Waals surface area contributed by atoms with E-state index in [2.05, 4.69) is 38.0 Å². The summed E-state index contributed by atoms with van der Waals surface area (Å²) in [6, 6.07) is 0.0311. The number of rotatable bonds is 5. The smallest absolute Gasteiger partial charge is 0.0944 e. The molecule has 0 spiro atoms. The molecule has 0 aliphatic carbocycles. The summed E-state index contributed by atoms with van der Waals surface area (Å²) in [5.74, 6) is 0. The van der Waals surface area contributed by atoms with Gasteiger partial charge in [0.1, 0.15) is 0 Å². The van der Waals surface area contributed by atoms with E-state index < -0.39 is 0 Å². The number of nitrogens with zero attached hydrogens (tertiary/aromatic N) is 2. The van der Waals surface area contributed by atoms with E-state index in [0.29, 0.717) is 0 Å². The van der Waals surface area contributed by atoms with Crippen molar-refractivity contribution in [3.63, 3.8) is 0 Å². The number of aromatic nitrogens is 1.